The van der Waals surface area contributed by atoms with Crippen molar-refractivity contribution in [2.24, 2.45) is 0 Å². The van der Waals surface area contributed by atoms with Crippen LogP contribution in [0.1, 0.15) is 61.5 Å². The zero-order chi connectivity index (χ0) is 22.9. The van der Waals surface area contributed by atoms with Crippen molar-refractivity contribution in [3.8, 4) is 11.1 Å². The molecule has 0 saturated heterocycles. The minimum atomic E-state index is -0.929. The molecular formula is C26H30F2N2O2. The minimum absolute atomic E-state index is 0.239. The lowest BCUT2D eigenvalue weighted by Gasteiger charge is -2.08. The quantitative estimate of drug-likeness (QED) is 0.295. The largest absolute Gasteiger partial charge is 0.477 e. The van der Waals surface area contributed by atoms with Crippen molar-refractivity contribution >= 4 is 11.7 Å². The molecule has 1 heterocycles. The van der Waals surface area contributed by atoms with Crippen LogP contribution in [0.3, 0.4) is 0 Å². The van der Waals surface area contributed by atoms with Gasteiger partial charge in [-0.05, 0) is 36.2 Å². The second-order valence-corrected chi connectivity index (χ2v) is 8.05. The molecule has 2 aromatic carbocycles. The van der Waals surface area contributed by atoms with Gasteiger partial charge in [0.2, 0.25) is 0 Å². The first-order valence-corrected chi connectivity index (χ1v) is 11.2. The van der Waals surface area contributed by atoms with Gasteiger partial charge in [0.05, 0.1) is 0 Å². The summed E-state index contributed by atoms with van der Waals surface area (Å²) in [6.45, 7) is 3.12. The Labute approximate surface area is 187 Å². The Morgan fingerprint density at radius 3 is 2.34 bits per heavy atom. The number of hydrogen-bond donors (Lipinski definition) is 2. The van der Waals surface area contributed by atoms with Crippen molar-refractivity contribution in [1.82, 2.24) is 4.57 Å². The lowest BCUT2D eigenvalue weighted by Crippen LogP contribution is -2.07. The average molecular weight is 441 g/mol. The molecule has 1 aromatic heterocycles. The van der Waals surface area contributed by atoms with Gasteiger partial charge in [-0.25, -0.2) is 13.6 Å². The molecule has 0 spiro atoms. The number of rotatable bonds is 12. The molecule has 2 N–H and O–H groups in total. The summed E-state index contributed by atoms with van der Waals surface area (Å²) in [5.41, 5.74) is 3.23. The number of nitrogens with zero attached hydrogens (tertiary/aromatic N) is 1. The van der Waals surface area contributed by atoms with E-state index in [1.54, 1.807) is 6.07 Å². The molecule has 3 aromatic rings. The van der Waals surface area contributed by atoms with E-state index in [4.69, 9.17) is 0 Å². The smallest absolute Gasteiger partial charge is 0.352 e. The zero-order valence-electron chi connectivity index (χ0n) is 18.4. The maximum absolute atomic E-state index is 13.8. The Morgan fingerprint density at radius 2 is 1.66 bits per heavy atom. The topological polar surface area (TPSA) is 54.3 Å². The summed E-state index contributed by atoms with van der Waals surface area (Å²) in [5.74, 6) is -2.11. The van der Waals surface area contributed by atoms with Crippen molar-refractivity contribution in [2.75, 3.05) is 5.32 Å². The molecule has 3 rings (SSSR count). The number of benzene rings is 2. The number of anilines is 1. The van der Waals surface area contributed by atoms with E-state index in [1.807, 2.05) is 35.0 Å². The number of carboxylic acids is 1. The summed E-state index contributed by atoms with van der Waals surface area (Å²) >= 11 is 0. The van der Waals surface area contributed by atoms with Crippen LogP contribution < -0.4 is 5.32 Å². The Morgan fingerprint density at radius 1 is 0.938 bits per heavy atom. The molecule has 0 saturated carbocycles. The van der Waals surface area contributed by atoms with Gasteiger partial charge in [0.15, 0.2) is 0 Å². The fourth-order valence-corrected chi connectivity index (χ4v) is 3.74. The summed E-state index contributed by atoms with van der Waals surface area (Å²) in [5, 5.41) is 12.7. The van der Waals surface area contributed by atoms with Gasteiger partial charge in [0.25, 0.3) is 0 Å². The predicted octanol–water partition coefficient (Wildman–Crippen LogP) is 7.10. The van der Waals surface area contributed by atoms with E-state index in [2.05, 4.69) is 12.2 Å². The van der Waals surface area contributed by atoms with Gasteiger partial charge in [-0.1, -0.05) is 57.2 Å². The van der Waals surface area contributed by atoms with Crippen molar-refractivity contribution < 1.29 is 18.7 Å². The molecule has 170 valence electrons. The Balaban J connectivity index is 1.62. The first-order valence-electron chi connectivity index (χ1n) is 11.2. The van der Waals surface area contributed by atoms with Crippen LogP contribution in [0.4, 0.5) is 14.5 Å². The molecule has 32 heavy (non-hydrogen) atoms. The Kier molecular flexibility index (Phi) is 8.42. The maximum atomic E-state index is 13.8. The summed E-state index contributed by atoms with van der Waals surface area (Å²) in [6.07, 6.45) is 8.82. The fourth-order valence-electron chi connectivity index (χ4n) is 3.74. The standard InChI is InChI=1S/C26H30F2N2O2/c1-2-3-4-5-6-7-14-30-18-21(15-25(30)26(31)32)19-9-12-23(13-10-19)29-17-20-8-11-22(27)16-24(20)28/h8-13,15-16,18,29H,2-7,14,17H2,1H3,(H,31,32). The molecule has 0 radical (unpaired) electrons. The first kappa shape index (κ1) is 23.5. The Bertz CT molecular complexity index is 1030. The molecule has 0 aliphatic carbocycles. The highest BCUT2D eigenvalue weighted by Crippen LogP contribution is 2.25. The monoisotopic (exact) mass is 440 g/mol. The highest BCUT2D eigenvalue weighted by molar-refractivity contribution is 5.88. The molecule has 0 fully saturated rings. The second kappa shape index (κ2) is 11.5. The van der Waals surface area contributed by atoms with Crippen LogP contribution in [0.5, 0.6) is 0 Å². The van der Waals surface area contributed by atoms with E-state index in [9.17, 15) is 18.7 Å². The predicted molar refractivity (Wildman–Crippen MR) is 124 cm³/mol. The highest BCUT2D eigenvalue weighted by Gasteiger charge is 2.13. The normalized spacial score (nSPS) is 11.0. The molecule has 0 aliphatic heterocycles. The lowest BCUT2D eigenvalue weighted by atomic mass is 10.1. The number of nitrogens with one attached hydrogen (secondary N) is 1. The molecule has 6 heteroatoms. The summed E-state index contributed by atoms with van der Waals surface area (Å²) in [6, 6.07) is 12.8. The van der Waals surface area contributed by atoms with Crippen molar-refractivity contribution in [3.05, 3.63) is 77.6 Å². The van der Waals surface area contributed by atoms with Gasteiger partial charge in [-0.3, -0.25) is 0 Å². The Hall–Kier alpha value is -3.15. The van der Waals surface area contributed by atoms with Crippen molar-refractivity contribution in [2.45, 2.75) is 58.5 Å². The number of aromatic carboxylic acids is 1. The summed E-state index contributed by atoms with van der Waals surface area (Å²) < 4.78 is 28.6. The van der Waals surface area contributed by atoms with Crippen LogP contribution in [0.2, 0.25) is 0 Å². The van der Waals surface area contributed by atoms with E-state index >= 15 is 0 Å². The third-order valence-corrected chi connectivity index (χ3v) is 5.58. The van der Waals surface area contributed by atoms with Crippen LogP contribution in [0.15, 0.2) is 54.7 Å². The SMILES string of the molecule is CCCCCCCCn1cc(-c2ccc(NCc3ccc(F)cc3F)cc2)cc1C(=O)O. The van der Waals surface area contributed by atoms with Gasteiger partial charge in [0, 0.05) is 42.2 Å². The average Bonchev–Trinajstić information content (AvgIpc) is 3.20. The van der Waals surface area contributed by atoms with E-state index < -0.39 is 17.6 Å². The third kappa shape index (κ3) is 6.42. The zero-order valence-corrected chi connectivity index (χ0v) is 18.4. The van der Waals surface area contributed by atoms with E-state index in [1.165, 1.54) is 37.8 Å². The van der Waals surface area contributed by atoms with Gasteiger partial charge in [0.1, 0.15) is 17.3 Å². The number of carbonyl (C=O) groups is 1. The second-order valence-electron chi connectivity index (χ2n) is 8.05. The molecule has 0 unspecified atom stereocenters. The van der Waals surface area contributed by atoms with E-state index in [-0.39, 0.29) is 6.54 Å². The molecule has 4 nitrogen and oxygen atoms in total. The molecule has 0 bridgehead atoms. The molecule has 0 aliphatic rings. The maximum Gasteiger partial charge on any atom is 0.352 e. The van der Waals surface area contributed by atoms with Crippen LogP contribution >= 0.6 is 0 Å². The molecule has 0 atom stereocenters. The lowest BCUT2D eigenvalue weighted by molar-refractivity contribution is 0.0685. The van der Waals surface area contributed by atoms with Gasteiger partial charge in [-0.2, -0.15) is 0 Å². The van der Waals surface area contributed by atoms with Gasteiger partial charge < -0.3 is 15.0 Å². The van der Waals surface area contributed by atoms with E-state index in [0.717, 1.165) is 35.7 Å². The number of aromatic nitrogens is 1. The van der Waals surface area contributed by atoms with Crippen molar-refractivity contribution in [3.63, 3.8) is 0 Å². The van der Waals surface area contributed by atoms with Crippen molar-refractivity contribution in [1.29, 1.82) is 0 Å². The number of unbranched alkanes of at least 4 members (excludes halogenated alkanes) is 5. The summed E-state index contributed by atoms with van der Waals surface area (Å²) in [4.78, 5) is 11.7. The fraction of sp³-hybridized carbons (Fsp3) is 0.346. The number of aryl methyl sites for hydroxylation is 1. The van der Waals surface area contributed by atoms with Crippen LogP contribution in [0.25, 0.3) is 11.1 Å². The van der Waals surface area contributed by atoms with E-state index in [0.29, 0.717) is 17.8 Å². The van der Waals surface area contributed by atoms with Crippen LogP contribution in [-0.2, 0) is 13.1 Å². The van der Waals surface area contributed by atoms with Gasteiger partial charge in [-0.15, -0.1) is 0 Å². The third-order valence-electron chi connectivity index (χ3n) is 5.58. The van der Waals surface area contributed by atoms with Crippen LogP contribution in [-0.4, -0.2) is 15.6 Å². The number of carboxylic acid groups (broad SMARTS) is 1. The van der Waals surface area contributed by atoms with Crippen LogP contribution in [0, 0.1) is 11.6 Å². The number of halogens is 2. The first-order chi connectivity index (χ1) is 15.5. The molecular weight excluding hydrogens is 410 g/mol. The van der Waals surface area contributed by atoms with Gasteiger partial charge >= 0.3 is 5.97 Å². The minimum Gasteiger partial charge on any atom is -0.477 e. The summed E-state index contributed by atoms with van der Waals surface area (Å²) in [7, 11) is 0. The number of hydrogen-bond acceptors (Lipinski definition) is 2. The highest BCUT2D eigenvalue weighted by atomic mass is 19.1. The molecule has 0 amide bonds.